The van der Waals surface area contributed by atoms with E-state index in [1.165, 1.54) is 17.3 Å². The molecule has 8 heteroatoms. The zero-order valence-corrected chi connectivity index (χ0v) is 17.7. The molecule has 31 heavy (non-hydrogen) atoms. The number of nitrogens with one attached hydrogen (secondary N) is 2. The molecule has 4 rings (SSSR count). The molecule has 0 aliphatic heterocycles. The first-order valence-corrected chi connectivity index (χ1v) is 10.7. The molecule has 2 aromatic carbocycles. The minimum Gasteiger partial charge on any atom is -0.348 e. The first-order chi connectivity index (χ1) is 15.1. The Morgan fingerprint density at radius 1 is 0.968 bits per heavy atom. The van der Waals surface area contributed by atoms with Gasteiger partial charge in [0.05, 0.1) is 17.0 Å². The summed E-state index contributed by atoms with van der Waals surface area (Å²) in [5, 5.41) is 14.6. The molecule has 0 fully saturated rings. The first-order valence-electron chi connectivity index (χ1n) is 9.75. The van der Waals surface area contributed by atoms with Gasteiger partial charge in [0.25, 0.3) is 5.91 Å². The summed E-state index contributed by atoms with van der Waals surface area (Å²) in [6, 6.07) is 20.6. The molecule has 2 aromatic heterocycles. The van der Waals surface area contributed by atoms with Crippen molar-refractivity contribution in [3.8, 4) is 0 Å². The number of para-hydroxylation sites is 1. The summed E-state index contributed by atoms with van der Waals surface area (Å²) >= 11 is 1.28. The van der Waals surface area contributed by atoms with Crippen molar-refractivity contribution >= 4 is 34.9 Å². The van der Waals surface area contributed by atoms with Crippen LogP contribution in [0.25, 0.3) is 5.65 Å². The van der Waals surface area contributed by atoms with E-state index in [4.69, 9.17) is 0 Å². The standard InChI is InChI=1S/C23H21N5O2S/c1-16-9-11-17(12-10-16)14-24-22(30)18-6-2-3-7-19(18)25-21(29)15-31-23-27-26-20-8-4-5-13-28(20)23/h2-13H,14-15H2,1H3,(H,24,30)(H,25,29). The van der Waals surface area contributed by atoms with E-state index in [0.717, 1.165) is 11.2 Å². The summed E-state index contributed by atoms with van der Waals surface area (Å²) < 4.78 is 1.82. The van der Waals surface area contributed by atoms with E-state index in [0.29, 0.717) is 23.0 Å². The number of aryl methyl sites for hydroxylation is 1. The second-order valence-electron chi connectivity index (χ2n) is 6.96. The number of hydrogen-bond acceptors (Lipinski definition) is 5. The molecule has 2 heterocycles. The van der Waals surface area contributed by atoms with Crippen molar-refractivity contribution in [1.29, 1.82) is 0 Å². The molecule has 0 atom stereocenters. The van der Waals surface area contributed by atoms with Gasteiger partial charge in [-0.05, 0) is 36.8 Å². The summed E-state index contributed by atoms with van der Waals surface area (Å²) in [7, 11) is 0. The Morgan fingerprint density at radius 2 is 1.74 bits per heavy atom. The van der Waals surface area contributed by atoms with Gasteiger partial charge < -0.3 is 10.6 Å². The van der Waals surface area contributed by atoms with Gasteiger partial charge in [-0.15, -0.1) is 10.2 Å². The highest BCUT2D eigenvalue weighted by atomic mass is 32.2. The highest BCUT2D eigenvalue weighted by Crippen LogP contribution is 2.19. The molecule has 0 radical (unpaired) electrons. The van der Waals surface area contributed by atoms with Crippen molar-refractivity contribution < 1.29 is 9.59 Å². The molecular weight excluding hydrogens is 410 g/mol. The van der Waals surface area contributed by atoms with Gasteiger partial charge in [0.15, 0.2) is 10.8 Å². The maximum Gasteiger partial charge on any atom is 0.253 e. The van der Waals surface area contributed by atoms with Gasteiger partial charge in [0, 0.05) is 12.7 Å². The lowest BCUT2D eigenvalue weighted by molar-refractivity contribution is -0.113. The number of thioether (sulfide) groups is 1. The van der Waals surface area contributed by atoms with Crippen LogP contribution >= 0.6 is 11.8 Å². The number of fused-ring (bicyclic) bond motifs is 1. The zero-order valence-electron chi connectivity index (χ0n) is 16.9. The summed E-state index contributed by atoms with van der Waals surface area (Å²) in [6.07, 6.45) is 1.85. The smallest absolute Gasteiger partial charge is 0.253 e. The fourth-order valence-corrected chi connectivity index (χ4v) is 3.73. The molecule has 2 amide bonds. The second-order valence-corrected chi connectivity index (χ2v) is 7.90. The maximum atomic E-state index is 12.7. The molecule has 7 nitrogen and oxygen atoms in total. The van der Waals surface area contributed by atoms with Crippen LogP contribution in [-0.4, -0.2) is 32.2 Å². The van der Waals surface area contributed by atoms with Crippen LogP contribution in [-0.2, 0) is 11.3 Å². The lowest BCUT2D eigenvalue weighted by Crippen LogP contribution is -2.25. The number of pyridine rings is 1. The van der Waals surface area contributed by atoms with E-state index in [1.54, 1.807) is 24.3 Å². The lowest BCUT2D eigenvalue weighted by Gasteiger charge is -2.11. The Hall–Kier alpha value is -3.65. The fraction of sp³-hybridized carbons (Fsp3) is 0.130. The van der Waals surface area contributed by atoms with Crippen molar-refractivity contribution in [2.24, 2.45) is 0 Å². The van der Waals surface area contributed by atoms with Crippen LogP contribution in [0.3, 0.4) is 0 Å². The number of aromatic nitrogens is 3. The third kappa shape index (κ3) is 5.10. The monoisotopic (exact) mass is 431 g/mol. The zero-order chi connectivity index (χ0) is 21.6. The van der Waals surface area contributed by atoms with Gasteiger partial charge in [0.2, 0.25) is 5.91 Å². The average Bonchev–Trinajstić information content (AvgIpc) is 3.21. The number of benzene rings is 2. The number of carbonyl (C=O) groups excluding carboxylic acids is 2. The number of carbonyl (C=O) groups is 2. The normalized spacial score (nSPS) is 10.7. The van der Waals surface area contributed by atoms with Crippen molar-refractivity contribution in [2.45, 2.75) is 18.6 Å². The third-order valence-electron chi connectivity index (χ3n) is 4.63. The fourth-order valence-electron chi connectivity index (χ4n) is 3.01. The minimum atomic E-state index is -0.243. The van der Waals surface area contributed by atoms with Crippen molar-refractivity contribution in [3.63, 3.8) is 0 Å². The summed E-state index contributed by atoms with van der Waals surface area (Å²) in [4.78, 5) is 25.2. The molecule has 0 saturated heterocycles. The van der Waals surface area contributed by atoms with E-state index < -0.39 is 0 Å². The molecule has 0 spiro atoms. The van der Waals surface area contributed by atoms with E-state index in [2.05, 4.69) is 20.8 Å². The Labute approximate surface area is 183 Å². The van der Waals surface area contributed by atoms with E-state index in [9.17, 15) is 9.59 Å². The topological polar surface area (TPSA) is 88.4 Å². The van der Waals surface area contributed by atoms with Crippen LogP contribution in [0.15, 0.2) is 78.1 Å². The number of amides is 2. The molecule has 4 aromatic rings. The van der Waals surface area contributed by atoms with Crippen molar-refractivity contribution in [1.82, 2.24) is 19.9 Å². The van der Waals surface area contributed by atoms with Crippen LogP contribution in [0.4, 0.5) is 5.69 Å². The van der Waals surface area contributed by atoms with Gasteiger partial charge in [0.1, 0.15) is 0 Å². The minimum absolute atomic E-state index is 0.148. The molecule has 0 aliphatic carbocycles. The van der Waals surface area contributed by atoms with E-state index in [1.807, 2.05) is 60.0 Å². The van der Waals surface area contributed by atoms with E-state index >= 15 is 0 Å². The SMILES string of the molecule is Cc1ccc(CNC(=O)c2ccccc2NC(=O)CSc2nnc3ccccn23)cc1. The second kappa shape index (κ2) is 9.44. The largest absolute Gasteiger partial charge is 0.348 e. The Kier molecular flexibility index (Phi) is 6.28. The van der Waals surface area contributed by atoms with Crippen LogP contribution in [0.5, 0.6) is 0 Å². The van der Waals surface area contributed by atoms with Gasteiger partial charge >= 0.3 is 0 Å². The number of rotatable bonds is 7. The number of anilines is 1. The van der Waals surface area contributed by atoms with Crippen LogP contribution in [0, 0.1) is 6.92 Å². The quantitative estimate of drug-likeness (QED) is 0.436. The van der Waals surface area contributed by atoms with Crippen LogP contribution < -0.4 is 10.6 Å². The van der Waals surface area contributed by atoms with Crippen molar-refractivity contribution in [3.05, 3.63) is 89.6 Å². The van der Waals surface area contributed by atoms with E-state index in [-0.39, 0.29) is 17.6 Å². The summed E-state index contributed by atoms with van der Waals surface area (Å²) in [6.45, 7) is 2.43. The number of hydrogen-bond donors (Lipinski definition) is 2. The predicted octanol–water partition coefficient (Wildman–Crippen LogP) is 3.70. The summed E-state index contributed by atoms with van der Waals surface area (Å²) in [5.41, 5.74) is 3.79. The summed E-state index contributed by atoms with van der Waals surface area (Å²) in [5.74, 6) is -0.321. The Morgan fingerprint density at radius 3 is 2.58 bits per heavy atom. The van der Waals surface area contributed by atoms with Gasteiger partial charge in [-0.25, -0.2) is 0 Å². The molecule has 2 N–H and O–H groups in total. The molecule has 0 aliphatic rings. The highest BCUT2D eigenvalue weighted by molar-refractivity contribution is 7.99. The van der Waals surface area contributed by atoms with Gasteiger partial charge in [-0.3, -0.25) is 14.0 Å². The Balaban J connectivity index is 1.37. The molecule has 156 valence electrons. The van der Waals surface area contributed by atoms with Crippen LogP contribution in [0.1, 0.15) is 21.5 Å². The lowest BCUT2D eigenvalue weighted by atomic mass is 10.1. The third-order valence-corrected chi connectivity index (χ3v) is 5.58. The molecular formula is C23H21N5O2S. The Bertz CT molecular complexity index is 1220. The van der Waals surface area contributed by atoms with Gasteiger partial charge in [-0.2, -0.15) is 0 Å². The highest BCUT2D eigenvalue weighted by Gasteiger charge is 2.14. The first kappa shape index (κ1) is 20.6. The molecule has 0 unspecified atom stereocenters. The predicted molar refractivity (Wildman–Crippen MR) is 121 cm³/mol. The van der Waals surface area contributed by atoms with Crippen LogP contribution in [0.2, 0.25) is 0 Å². The average molecular weight is 432 g/mol. The molecule has 0 saturated carbocycles. The number of nitrogens with zero attached hydrogens (tertiary/aromatic N) is 3. The maximum absolute atomic E-state index is 12.7. The van der Waals surface area contributed by atoms with Crippen molar-refractivity contribution in [2.75, 3.05) is 11.1 Å². The van der Waals surface area contributed by atoms with Gasteiger partial charge in [-0.1, -0.05) is 59.8 Å². The molecule has 0 bridgehead atoms.